The number of amides is 1. The minimum absolute atomic E-state index is 0.204. The van der Waals surface area contributed by atoms with Crippen LogP contribution in [0.2, 0.25) is 5.02 Å². The molecule has 1 N–H and O–H groups in total. The highest BCUT2D eigenvalue weighted by molar-refractivity contribution is 7.92. The van der Waals surface area contributed by atoms with Crippen molar-refractivity contribution in [1.29, 1.82) is 0 Å². The second-order valence-corrected chi connectivity index (χ2v) is 9.96. The molecule has 180 valence electrons. The summed E-state index contributed by atoms with van der Waals surface area (Å²) in [7, 11) is -3.73. The number of halogens is 1. The van der Waals surface area contributed by atoms with Gasteiger partial charge in [0.05, 0.1) is 18.5 Å². The molecule has 0 aliphatic carbocycles. The Balaban J connectivity index is 1.61. The van der Waals surface area contributed by atoms with Crippen molar-refractivity contribution in [3.8, 4) is 17.2 Å². The van der Waals surface area contributed by atoms with Crippen LogP contribution in [-0.2, 0) is 14.8 Å². The third-order valence-corrected chi connectivity index (χ3v) is 6.62. The highest BCUT2D eigenvalue weighted by Gasteiger charge is 2.29. The summed E-state index contributed by atoms with van der Waals surface area (Å²) in [4.78, 5) is 12.7. The fourth-order valence-electron chi connectivity index (χ4n) is 3.25. The van der Waals surface area contributed by atoms with Gasteiger partial charge in [-0.25, -0.2) is 8.42 Å². The Morgan fingerprint density at radius 3 is 2.24 bits per heavy atom. The summed E-state index contributed by atoms with van der Waals surface area (Å²) < 4.78 is 37.4. The van der Waals surface area contributed by atoms with E-state index in [1.165, 1.54) is 6.92 Å². The van der Waals surface area contributed by atoms with E-state index in [9.17, 15) is 13.2 Å². The Kier molecular flexibility index (Phi) is 8.41. The van der Waals surface area contributed by atoms with Crippen LogP contribution >= 0.6 is 11.6 Å². The Morgan fingerprint density at radius 2 is 1.62 bits per heavy atom. The molecule has 0 aliphatic heterocycles. The molecule has 1 unspecified atom stereocenters. The molecule has 0 saturated heterocycles. The van der Waals surface area contributed by atoms with Crippen LogP contribution in [0.3, 0.4) is 0 Å². The summed E-state index contributed by atoms with van der Waals surface area (Å²) in [6.07, 6.45) is 1.06. The number of hydrogen-bond donors (Lipinski definition) is 1. The maximum Gasteiger partial charge on any atom is 0.243 e. The smallest absolute Gasteiger partial charge is 0.243 e. The van der Waals surface area contributed by atoms with Crippen LogP contribution in [0.1, 0.15) is 12.5 Å². The van der Waals surface area contributed by atoms with E-state index in [2.05, 4.69) is 5.32 Å². The number of carbonyl (C=O) groups excluding carboxylic acids is 1. The van der Waals surface area contributed by atoms with E-state index in [0.29, 0.717) is 28.0 Å². The van der Waals surface area contributed by atoms with Crippen molar-refractivity contribution >= 4 is 33.2 Å². The maximum atomic E-state index is 12.7. The number of carbonyl (C=O) groups is 1. The van der Waals surface area contributed by atoms with Gasteiger partial charge in [-0.2, -0.15) is 0 Å². The number of benzene rings is 3. The van der Waals surface area contributed by atoms with Gasteiger partial charge in [0.2, 0.25) is 15.9 Å². The zero-order chi connectivity index (χ0) is 24.7. The summed E-state index contributed by atoms with van der Waals surface area (Å²) in [5, 5.41) is 3.31. The second-order valence-electron chi connectivity index (χ2n) is 7.69. The van der Waals surface area contributed by atoms with Crippen LogP contribution in [-0.4, -0.2) is 39.8 Å². The predicted molar refractivity (Wildman–Crippen MR) is 134 cm³/mol. The Labute approximate surface area is 205 Å². The monoisotopic (exact) mass is 502 g/mol. The van der Waals surface area contributed by atoms with Gasteiger partial charge in [-0.1, -0.05) is 35.9 Å². The molecule has 1 amide bonds. The van der Waals surface area contributed by atoms with Crippen molar-refractivity contribution in [2.24, 2.45) is 0 Å². The Bertz CT molecular complexity index is 1220. The lowest BCUT2D eigenvalue weighted by molar-refractivity contribution is -0.121. The van der Waals surface area contributed by atoms with E-state index in [0.717, 1.165) is 16.1 Å². The summed E-state index contributed by atoms with van der Waals surface area (Å²) in [5.41, 5.74) is 1.30. The minimum atomic E-state index is -3.73. The zero-order valence-corrected chi connectivity index (χ0v) is 20.8. The van der Waals surface area contributed by atoms with E-state index in [-0.39, 0.29) is 13.2 Å². The van der Waals surface area contributed by atoms with Gasteiger partial charge in [-0.05, 0) is 67.9 Å². The van der Waals surface area contributed by atoms with E-state index >= 15 is 0 Å². The first-order valence-corrected chi connectivity index (χ1v) is 12.9. The number of para-hydroxylation sites is 1. The average Bonchev–Trinajstić information content (AvgIpc) is 2.80. The molecule has 0 radical (unpaired) electrons. The van der Waals surface area contributed by atoms with E-state index in [1.807, 2.05) is 43.3 Å². The quantitative estimate of drug-likeness (QED) is 0.403. The number of sulfonamides is 1. The van der Waals surface area contributed by atoms with E-state index in [1.54, 1.807) is 36.4 Å². The van der Waals surface area contributed by atoms with Gasteiger partial charge in [-0.15, -0.1) is 0 Å². The Hall–Kier alpha value is -3.23. The highest BCUT2D eigenvalue weighted by atomic mass is 35.5. The number of ether oxygens (including phenoxy) is 2. The van der Waals surface area contributed by atoms with Gasteiger partial charge in [0.15, 0.2) is 0 Å². The molecule has 3 aromatic rings. The zero-order valence-electron chi connectivity index (χ0n) is 19.2. The highest BCUT2D eigenvalue weighted by Crippen LogP contribution is 2.27. The third kappa shape index (κ3) is 6.88. The van der Waals surface area contributed by atoms with Crippen molar-refractivity contribution < 1.29 is 22.7 Å². The number of rotatable bonds is 10. The van der Waals surface area contributed by atoms with Crippen LogP contribution in [0.4, 0.5) is 5.69 Å². The Morgan fingerprint density at radius 1 is 1.00 bits per heavy atom. The molecular formula is C25H27ClN2O5S. The molecule has 0 fully saturated rings. The molecule has 3 rings (SSSR count). The lowest BCUT2D eigenvalue weighted by Crippen LogP contribution is -2.48. The number of anilines is 1. The van der Waals surface area contributed by atoms with Gasteiger partial charge in [0.1, 0.15) is 29.9 Å². The molecule has 1 atom stereocenters. The molecule has 0 bridgehead atoms. The fourth-order valence-corrected chi connectivity index (χ4v) is 4.59. The van der Waals surface area contributed by atoms with Crippen molar-refractivity contribution in [3.63, 3.8) is 0 Å². The first-order valence-electron chi connectivity index (χ1n) is 10.6. The van der Waals surface area contributed by atoms with Crippen molar-refractivity contribution in [2.45, 2.75) is 19.9 Å². The standard InChI is InChI=1S/C25H27ClN2O5S/c1-18-9-12-23(17-24(18)26)32-16-15-27-25(29)19(2)28(34(3,30)31)20-10-13-22(14-11-20)33-21-7-5-4-6-8-21/h4-14,17,19H,15-16H2,1-3H3,(H,27,29). The molecule has 0 aliphatic rings. The largest absolute Gasteiger partial charge is 0.492 e. The van der Waals surface area contributed by atoms with Crippen LogP contribution < -0.4 is 19.1 Å². The third-order valence-electron chi connectivity index (χ3n) is 4.97. The molecule has 9 heteroatoms. The van der Waals surface area contributed by atoms with Crippen LogP contribution in [0.15, 0.2) is 72.8 Å². The molecule has 34 heavy (non-hydrogen) atoms. The molecular weight excluding hydrogens is 476 g/mol. The lowest BCUT2D eigenvalue weighted by atomic mass is 10.2. The van der Waals surface area contributed by atoms with Crippen molar-refractivity contribution in [3.05, 3.63) is 83.4 Å². The second kappa shape index (κ2) is 11.3. The molecule has 3 aromatic carbocycles. The van der Waals surface area contributed by atoms with E-state index < -0.39 is 22.0 Å². The van der Waals surface area contributed by atoms with Gasteiger partial charge >= 0.3 is 0 Å². The molecule has 7 nitrogen and oxygen atoms in total. The minimum Gasteiger partial charge on any atom is -0.492 e. The van der Waals surface area contributed by atoms with Crippen molar-refractivity contribution in [1.82, 2.24) is 5.32 Å². The molecule has 0 heterocycles. The summed E-state index contributed by atoms with van der Waals surface area (Å²) in [5.74, 6) is 1.36. The fraction of sp³-hybridized carbons (Fsp3) is 0.240. The van der Waals surface area contributed by atoms with Gasteiger partial charge < -0.3 is 14.8 Å². The van der Waals surface area contributed by atoms with Gasteiger partial charge in [0.25, 0.3) is 0 Å². The SMILES string of the molecule is Cc1ccc(OCCNC(=O)C(C)N(c2ccc(Oc3ccccc3)cc2)S(C)(=O)=O)cc1Cl. The summed E-state index contributed by atoms with van der Waals surface area (Å²) in [6, 6.07) is 20.1. The first kappa shape index (κ1) is 25.4. The van der Waals surface area contributed by atoms with Crippen molar-refractivity contribution in [2.75, 3.05) is 23.7 Å². The molecule has 0 aromatic heterocycles. The summed E-state index contributed by atoms with van der Waals surface area (Å²) >= 11 is 6.08. The number of nitrogens with zero attached hydrogens (tertiary/aromatic N) is 1. The summed E-state index contributed by atoms with van der Waals surface area (Å²) in [6.45, 7) is 3.84. The number of aryl methyl sites for hydroxylation is 1. The van der Waals surface area contributed by atoms with Crippen LogP contribution in [0, 0.1) is 6.92 Å². The van der Waals surface area contributed by atoms with Gasteiger partial charge in [0, 0.05) is 5.02 Å². The normalized spacial score (nSPS) is 12.0. The molecule has 0 saturated carbocycles. The molecule has 0 spiro atoms. The number of nitrogens with one attached hydrogen (secondary N) is 1. The predicted octanol–water partition coefficient (Wildman–Crippen LogP) is 4.79. The maximum absolute atomic E-state index is 12.7. The lowest BCUT2D eigenvalue weighted by Gasteiger charge is -2.28. The average molecular weight is 503 g/mol. The van der Waals surface area contributed by atoms with Gasteiger partial charge in [-0.3, -0.25) is 9.10 Å². The van der Waals surface area contributed by atoms with Crippen LogP contribution in [0.25, 0.3) is 0 Å². The first-order chi connectivity index (χ1) is 16.1. The topological polar surface area (TPSA) is 84.9 Å². The van der Waals surface area contributed by atoms with E-state index in [4.69, 9.17) is 21.1 Å². The number of hydrogen-bond acceptors (Lipinski definition) is 5. The van der Waals surface area contributed by atoms with Crippen LogP contribution in [0.5, 0.6) is 17.2 Å².